The zero-order chi connectivity index (χ0) is 35.0. The van der Waals surface area contributed by atoms with Gasteiger partial charge in [-0.2, -0.15) is 0 Å². The van der Waals surface area contributed by atoms with Crippen molar-refractivity contribution in [1.29, 1.82) is 0 Å². The summed E-state index contributed by atoms with van der Waals surface area (Å²) < 4.78 is 29.0. The summed E-state index contributed by atoms with van der Waals surface area (Å²) in [6, 6.07) is 34.6. The third-order valence-corrected chi connectivity index (χ3v) is 8.63. The van der Waals surface area contributed by atoms with E-state index in [-0.39, 0.29) is 0 Å². The van der Waals surface area contributed by atoms with Crippen molar-refractivity contribution < 1.29 is 8.78 Å². The predicted molar refractivity (Wildman–Crippen MR) is 196 cm³/mol. The highest BCUT2D eigenvalue weighted by molar-refractivity contribution is 6.18. The molecule has 0 saturated heterocycles. The molecule has 0 aliphatic heterocycles. The fourth-order valence-electron chi connectivity index (χ4n) is 6.30. The number of pyridine rings is 4. The Morgan fingerprint density at radius 1 is 0.308 bits per heavy atom. The molecule has 9 rings (SSSR count). The maximum atomic E-state index is 14.5. The van der Waals surface area contributed by atoms with Crippen molar-refractivity contribution in [1.82, 2.24) is 39.9 Å². The van der Waals surface area contributed by atoms with Gasteiger partial charge in [0.2, 0.25) is 0 Å². The summed E-state index contributed by atoms with van der Waals surface area (Å²) in [6.45, 7) is 0. The van der Waals surface area contributed by atoms with Gasteiger partial charge in [0.25, 0.3) is 0 Å². The minimum absolute atomic E-state index is 0.393. The summed E-state index contributed by atoms with van der Waals surface area (Å²) in [7, 11) is 0. The zero-order valence-corrected chi connectivity index (χ0v) is 27.2. The molecule has 0 aliphatic carbocycles. The van der Waals surface area contributed by atoms with Gasteiger partial charge in [0, 0.05) is 35.9 Å². The van der Waals surface area contributed by atoms with Gasteiger partial charge >= 0.3 is 0 Å². The first-order valence-corrected chi connectivity index (χ1v) is 16.4. The van der Waals surface area contributed by atoms with Crippen LogP contribution in [0.4, 0.5) is 8.78 Å². The fourth-order valence-corrected chi connectivity index (χ4v) is 6.30. The quantitative estimate of drug-likeness (QED) is 0.160. The summed E-state index contributed by atoms with van der Waals surface area (Å²) in [5.74, 6) is -0.786. The minimum Gasteiger partial charge on any atom is -0.255 e. The normalized spacial score (nSPS) is 11.3. The second-order valence-electron chi connectivity index (χ2n) is 11.9. The standard InChI is InChI=1S/C42H24F2N8/c43-27-17-13-25(14-18-27)33-39-40(50-36(30-10-2-6-22-46-30)35(49-39)29-9-1-5-21-45-29)34(26-15-19-28(44)20-16-26)42-41(33)51-37(31-11-3-7-23-47-31)38(52-42)32-12-4-8-24-48-32/h1-24H. The van der Waals surface area contributed by atoms with E-state index in [4.69, 9.17) is 19.9 Å². The van der Waals surface area contributed by atoms with E-state index in [0.29, 0.717) is 89.9 Å². The van der Waals surface area contributed by atoms with Crippen LogP contribution in [0.3, 0.4) is 0 Å². The lowest BCUT2D eigenvalue weighted by molar-refractivity contribution is 0.627. The van der Waals surface area contributed by atoms with Gasteiger partial charge in [0.15, 0.2) is 0 Å². The Morgan fingerprint density at radius 3 is 0.808 bits per heavy atom. The molecule has 0 amide bonds. The maximum Gasteiger partial charge on any atom is 0.123 e. The Bertz CT molecular complexity index is 2380. The summed E-state index contributed by atoms with van der Waals surface area (Å²) in [6.07, 6.45) is 6.77. The Labute approximate surface area is 295 Å². The topological polar surface area (TPSA) is 103 Å². The van der Waals surface area contributed by atoms with Gasteiger partial charge in [-0.3, -0.25) is 19.9 Å². The molecular formula is C42H24F2N8. The summed E-state index contributed by atoms with van der Waals surface area (Å²) in [5, 5.41) is 0. The molecule has 0 spiro atoms. The number of rotatable bonds is 6. The van der Waals surface area contributed by atoms with E-state index >= 15 is 0 Å². The molecule has 0 fully saturated rings. The van der Waals surface area contributed by atoms with Crippen molar-refractivity contribution in [2.24, 2.45) is 0 Å². The Balaban J connectivity index is 1.53. The molecule has 0 N–H and O–H groups in total. The Kier molecular flexibility index (Phi) is 7.66. The first-order valence-electron chi connectivity index (χ1n) is 16.4. The van der Waals surface area contributed by atoms with Crippen molar-refractivity contribution >= 4 is 22.1 Å². The highest BCUT2D eigenvalue weighted by Gasteiger charge is 2.27. The molecule has 0 saturated carbocycles. The van der Waals surface area contributed by atoms with Crippen LogP contribution in [0.25, 0.3) is 89.9 Å². The molecule has 52 heavy (non-hydrogen) atoms. The Morgan fingerprint density at radius 2 is 0.577 bits per heavy atom. The Hall–Kier alpha value is -7.20. The summed E-state index contributed by atoms with van der Waals surface area (Å²) >= 11 is 0. The molecule has 6 aromatic heterocycles. The average Bonchev–Trinajstić information content (AvgIpc) is 3.21. The van der Waals surface area contributed by atoms with E-state index < -0.39 is 11.6 Å². The van der Waals surface area contributed by atoms with E-state index in [0.717, 1.165) is 0 Å². The maximum absolute atomic E-state index is 14.5. The average molecular weight is 679 g/mol. The van der Waals surface area contributed by atoms with E-state index in [9.17, 15) is 8.78 Å². The third kappa shape index (κ3) is 5.48. The number of nitrogens with zero attached hydrogens (tertiary/aromatic N) is 8. The molecule has 0 unspecified atom stereocenters. The van der Waals surface area contributed by atoms with E-state index in [1.807, 2.05) is 72.8 Å². The zero-order valence-electron chi connectivity index (χ0n) is 27.2. The lowest BCUT2D eigenvalue weighted by atomic mass is 9.93. The molecule has 8 nitrogen and oxygen atoms in total. The molecule has 3 aromatic carbocycles. The van der Waals surface area contributed by atoms with Gasteiger partial charge in [-0.15, -0.1) is 0 Å². The molecule has 6 heterocycles. The van der Waals surface area contributed by atoms with Gasteiger partial charge < -0.3 is 0 Å². The third-order valence-electron chi connectivity index (χ3n) is 8.63. The van der Waals surface area contributed by atoms with Gasteiger partial charge in [-0.1, -0.05) is 48.5 Å². The van der Waals surface area contributed by atoms with Crippen LogP contribution in [0.2, 0.25) is 0 Å². The van der Waals surface area contributed by atoms with Crippen LogP contribution < -0.4 is 0 Å². The van der Waals surface area contributed by atoms with Crippen molar-refractivity contribution in [3.63, 3.8) is 0 Å². The number of hydrogen-bond donors (Lipinski definition) is 0. The van der Waals surface area contributed by atoms with E-state index in [1.165, 1.54) is 24.3 Å². The number of hydrogen-bond acceptors (Lipinski definition) is 8. The van der Waals surface area contributed by atoms with E-state index in [1.54, 1.807) is 49.1 Å². The number of benzene rings is 3. The lowest BCUT2D eigenvalue weighted by Crippen LogP contribution is -2.05. The number of halogens is 2. The van der Waals surface area contributed by atoms with Gasteiger partial charge in [-0.25, -0.2) is 28.7 Å². The van der Waals surface area contributed by atoms with Crippen molar-refractivity contribution in [2.45, 2.75) is 0 Å². The van der Waals surface area contributed by atoms with Crippen LogP contribution in [0.15, 0.2) is 146 Å². The number of fused-ring (bicyclic) bond motifs is 2. The molecule has 0 radical (unpaired) electrons. The summed E-state index contributed by atoms with van der Waals surface area (Å²) in [5.41, 5.74) is 8.56. The monoisotopic (exact) mass is 678 g/mol. The molecule has 10 heteroatoms. The van der Waals surface area contributed by atoms with Crippen LogP contribution in [0, 0.1) is 11.6 Å². The first-order chi connectivity index (χ1) is 25.6. The molecule has 246 valence electrons. The molecular weight excluding hydrogens is 655 g/mol. The molecule has 0 bridgehead atoms. The van der Waals surface area contributed by atoms with Gasteiger partial charge in [-0.05, 0) is 83.9 Å². The molecule has 0 atom stereocenters. The van der Waals surface area contributed by atoms with Crippen LogP contribution in [-0.2, 0) is 0 Å². The van der Waals surface area contributed by atoms with Gasteiger partial charge in [0.1, 0.15) is 56.5 Å². The van der Waals surface area contributed by atoms with Crippen LogP contribution in [0.1, 0.15) is 0 Å². The largest absolute Gasteiger partial charge is 0.255 e. The van der Waals surface area contributed by atoms with Crippen molar-refractivity contribution in [2.75, 3.05) is 0 Å². The SMILES string of the molecule is Fc1ccc(-c2c3nc(-c4ccccn4)c(-c4ccccn4)nc3c(-c3ccc(F)cc3)c3nc(-c4ccccn4)c(-c4ccccn4)nc23)cc1. The van der Waals surface area contributed by atoms with Gasteiger partial charge in [0.05, 0.1) is 22.8 Å². The lowest BCUT2D eigenvalue weighted by Gasteiger charge is -2.19. The highest BCUT2D eigenvalue weighted by atomic mass is 19.1. The van der Waals surface area contributed by atoms with Crippen LogP contribution in [0.5, 0.6) is 0 Å². The number of aromatic nitrogens is 8. The van der Waals surface area contributed by atoms with Crippen molar-refractivity contribution in [3.8, 4) is 67.8 Å². The van der Waals surface area contributed by atoms with Crippen molar-refractivity contribution in [3.05, 3.63) is 158 Å². The fraction of sp³-hybridized carbons (Fsp3) is 0. The second-order valence-corrected chi connectivity index (χ2v) is 11.9. The van der Waals surface area contributed by atoms with Crippen LogP contribution >= 0.6 is 0 Å². The minimum atomic E-state index is -0.393. The summed E-state index contributed by atoms with van der Waals surface area (Å²) in [4.78, 5) is 39.9. The predicted octanol–water partition coefficient (Wildman–Crippen LogP) is 9.43. The van der Waals surface area contributed by atoms with E-state index in [2.05, 4.69) is 19.9 Å². The smallest absolute Gasteiger partial charge is 0.123 e. The first kappa shape index (κ1) is 30.8. The van der Waals surface area contributed by atoms with Crippen LogP contribution in [-0.4, -0.2) is 39.9 Å². The second kappa shape index (κ2) is 12.9. The highest BCUT2D eigenvalue weighted by Crippen LogP contribution is 2.44. The molecule has 9 aromatic rings. The molecule has 0 aliphatic rings.